The second-order valence-electron chi connectivity index (χ2n) is 5.80. The molecule has 1 N–H and O–H groups in total. The molecule has 0 spiro atoms. The van der Waals surface area contributed by atoms with Crippen LogP contribution < -0.4 is 10.1 Å². The first-order chi connectivity index (χ1) is 9.50. The number of rotatable bonds is 9. The van der Waals surface area contributed by atoms with Crippen LogP contribution in [0.1, 0.15) is 44.7 Å². The fraction of sp³-hybridized carbons (Fsp3) is 0.647. The van der Waals surface area contributed by atoms with Gasteiger partial charge in [0.15, 0.2) is 0 Å². The van der Waals surface area contributed by atoms with Gasteiger partial charge in [0, 0.05) is 25.6 Å². The summed E-state index contributed by atoms with van der Waals surface area (Å²) < 4.78 is 11.4. The van der Waals surface area contributed by atoms with Crippen LogP contribution in [0.2, 0.25) is 0 Å². The molecule has 0 radical (unpaired) electrons. The first kappa shape index (κ1) is 17.0. The minimum absolute atomic E-state index is 0.136. The lowest BCUT2D eigenvalue weighted by molar-refractivity contribution is 0.00531. The zero-order valence-corrected chi connectivity index (χ0v) is 13.6. The van der Waals surface area contributed by atoms with Crippen LogP contribution in [-0.4, -0.2) is 25.9 Å². The molecule has 0 aromatic heterocycles. The summed E-state index contributed by atoms with van der Waals surface area (Å²) in [5, 5.41) is 3.43. The summed E-state index contributed by atoms with van der Waals surface area (Å²) in [6.07, 6.45) is 2.02. The summed E-state index contributed by atoms with van der Waals surface area (Å²) in [5.74, 6) is 1.02. The van der Waals surface area contributed by atoms with E-state index in [0.717, 1.165) is 31.7 Å². The van der Waals surface area contributed by atoms with Gasteiger partial charge in [0.2, 0.25) is 0 Å². The highest BCUT2D eigenvalue weighted by molar-refractivity contribution is 5.40. The normalized spacial score (nSPS) is 11.7. The van der Waals surface area contributed by atoms with Crippen molar-refractivity contribution in [2.24, 2.45) is 0 Å². The molecule has 0 fully saturated rings. The molecule has 3 heteroatoms. The van der Waals surface area contributed by atoms with Crippen LogP contribution in [0.25, 0.3) is 0 Å². The van der Waals surface area contributed by atoms with E-state index < -0.39 is 0 Å². The fourth-order valence-corrected chi connectivity index (χ4v) is 1.96. The van der Waals surface area contributed by atoms with E-state index in [1.54, 1.807) is 7.11 Å². The quantitative estimate of drug-likeness (QED) is 0.699. The first-order valence-corrected chi connectivity index (χ1v) is 7.47. The molecule has 0 aliphatic rings. The van der Waals surface area contributed by atoms with Crippen molar-refractivity contribution in [2.45, 2.75) is 52.7 Å². The highest BCUT2D eigenvalue weighted by Crippen LogP contribution is 2.24. The lowest BCUT2D eigenvalue weighted by atomic mass is 10.1. The van der Waals surface area contributed by atoms with E-state index in [1.807, 2.05) is 0 Å². The molecule has 3 nitrogen and oxygen atoms in total. The van der Waals surface area contributed by atoms with Crippen molar-refractivity contribution in [1.29, 1.82) is 0 Å². The summed E-state index contributed by atoms with van der Waals surface area (Å²) in [6, 6.07) is 6.32. The lowest BCUT2D eigenvalue weighted by Gasteiger charge is -2.23. The van der Waals surface area contributed by atoms with E-state index in [0.29, 0.717) is 6.61 Å². The third kappa shape index (κ3) is 5.51. The second-order valence-corrected chi connectivity index (χ2v) is 5.80. The van der Waals surface area contributed by atoms with Crippen LogP contribution in [0.15, 0.2) is 18.2 Å². The standard InChI is InChI=1S/C17H29NO2/c1-6-11-18-13-15-9-7-8-14(2)16(15)20-12-10-17(3,4)19-5/h7-9,18H,6,10-13H2,1-5H3. The topological polar surface area (TPSA) is 30.5 Å². The van der Waals surface area contributed by atoms with Gasteiger partial charge in [-0.15, -0.1) is 0 Å². The number of benzene rings is 1. The van der Waals surface area contributed by atoms with Crippen molar-refractivity contribution in [3.8, 4) is 5.75 Å². The molecule has 20 heavy (non-hydrogen) atoms. The molecule has 114 valence electrons. The molecular weight excluding hydrogens is 250 g/mol. The summed E-state index contributed by atoms with van der Waals surface area (Å²) in [5.41, 5.74) is 2.29. The molecule has 0 bridgehead atoms. The van der Waals surface area contributed by atoms with E-state index in [4.69, 9.17) is 9.47 Å². The summed E-state index contributed by atoms with van der Waals surface area (Å²) in [4.78, 5) is 0. The van der Waals surface area contributed by atoms with Gasteiger partial charge in [0.25, 0.3) is 0 Å². The molecule has 0 heterocycles. The van der Waals surface area contributed by atoms with Gasteiger partial charge in [0.1, 0.15) is 5.75 Å². The number of aryl methyl sites for hydroxylation is 1. The van der Waals surface area contributed by atoms with Crippen LogP contribution in [0, 0.1) is 6.92 Å². The molecule has 0 aliphatic carbocycles. The Hall–Kier alpha value is -1.06. The van der Waals surface area contributed by atoms with Crippen molar-refractivity contribution in [3.05, 3.63) is 29.3 Å². The minimum Gasteiger partial charge on any atom is -0.493 e. The Kier molecular flexibility index (Phi) is 7.03. The number of para-hydroxylation sites is 1. The van der Waals surface area contributed by atoms with Crippen molar-refractivity contribution < 1.29 is 9.47 Å². The van der Waals surface area contributed by atoms with Gasteiger partial charge in [-0.25, -0.2) is 0 Å². The molecule has 1 aromatic rings. The zero-order valence-electron chi connectivity index (χ0n) is 13.6. The van der Waals surface area contributed by atoms with Crippen molar-refractivity contribution in [1.82, 2.24) is 5.32 Å². The highest BCUT2D eigenvalue weighted by Gasteiger charge is 2.16. The summed E-state index contributed by atoms with van der Waals surface area (Å²) >= 11 is 0. The monoisotopic (exact) mass is 279 g/mol. The maximum atomic E-state index is 6.02. The van der Waals surface area contributed by atoms with E-state index >= 15 is 0 Å². The predicted molar refractivity (Wildman–Crippen MR) is 84.4 cm³/mol. The maximum absolute atomic E-state index is 6.02. The SMILES string of the molecule is CCCNCc1cccc(C)c1OCCC(C)(C)OC. The lowest BCUT2D eigenvalue weighted by Crippen LogP contribution is -2.25. The molecule has 1 aromatic carbocycles. The number of hydrogen-bond acceptors (Lipinski definition) is 3. The molecule has 0 unspecified atom stereocenters. The van der Waals surface area contributed by atoms with Crippen LogP contribution >= 0.6 is 0 Å². The van der Waals surface area contributed by atoms with Crippen molar-refractivity contribution in [2.75, 3.05) is 20.3 Å². The summed E-state index contributed by atoms with van der Waals surface area (Å²) in [6.45, 7) is 11.0. The number of nitrogens with one attached hydrogen (secondary N) is 1. The zero-order chi connectivity index (χ0) is 15.0. The Morgan fingerprint density at radius 2 is 2.00 bits per heavy atom. The van der Waals surface area contributed by atoms with Crippen LogP contribution in [-0.2, 0) is 11.3 Å². The number of methoxy groups -OCH3 is 1. The Bertz CT molecular complexity index is 402. The molecular formula is C17H29NO2. The molecule has 0 aliphatic heterocycles. The first-order valence-electron chi connectivity index (χ1n) is 7.47. The smallest absolute Gasteiger partial charge is 0.126 e. The third-order valence-electron chi connectivity index (χ3n) is 3.54. The predicted octanol–water partition coefficient (Wildman–Crippen LogP) is 3.69. The van der Waals surface area contributed by atoms with E-state index in [1.165, 1.54) is 11.1 Å². The molecule has 1 rings (SSSR count). The average molecular weight is 279 g/mol. The fourth-order valence-electron chi connectivity index (χ4n) is 1.96. The number of hydrogen-bond donors (Lipinski definition) is 1. The van der Waals surface area contributed by atoms with E-state index in [-0.39, 0.29) is 5.60 Å². The Labute approximate surface area is 123 Å². The van der Waals surface area contributed by atoms with Gasteiger partial charge in [-0.05, 0) is 39.3 Å². The van der Waals surface area contributed by atoms with Crippen LogP contribution in [0.5, 0.6) is 5.75 Å². The third-order valence-corrected chi connectivity index (χ3v) is 3.54. The van der Waals surface area contributed by atoms with Crippen molar-refractivity contribution >= 4 is 0 Å². The van der Waals surface area contributed by atoms with E-state index in [2.05, 4.69) is 51.2 Å². The second kappa shape index (κ2) is 8.28. The molecule has 0 amide bonds. The van der Waals surface area contributed by atoms with Gasteiger partial charge in [-0.2, -0.15) is 0 Å². The van der Waals surface area contributed by atoms with E-state index in [9.17, 15) is 0 Å². The van der Waals surface area contributed by atoms with Gasteiger partial charge in [-0.3, -0.25) is 0 Å². The summed E-state index contributed by atoms with van der Waals surface area (Å²) in [7, 11) is 1.74. The van der Waals surface area contributed by atoms with Crippen LogP contribution in [0.3, 0.4) is 0 Å². The largest absolute Gasteiger partial charge is 0.493 e. The Balaban J connectivity index is 2.63. The van der Waals surface area contributed by atoms with Crippen LogP contribution in [0.4, 0.5) is 0 Å². The molecule has 0 saturated heterocycles. The highest BCUT2D eigenvalue weighted by atomic mass is 16.5. The van der Waals surface area contributed by atoms with Gasteiger partial charge < -0.3 is 14.8 Å². The van der Waals surface area contributed by atoms with Gasteiger partial charge in [0.05, 0.1) is 12.2 Å². The molecule has 0 atom stereocenters. The number of ether oxygens (including phenoxy) is 2. The maximum Gasteiger partial charge on any atom is 0.126 e. The Morgan fingerprint density at radius 1 is 1.25 bits per heavy atom. The average Bonchev–Trinajstić information content (AvgIpc) is 2.42. The minimum atomic E-state index is -0.136. The molecule has 0 saturated carbocycles. The van der Waals surface area contributed by atoms with Gasteiger partial charge >= 0.3 is 0 Å². The van der Waals surface area contributed by atoms with Gasteiger partial charge in [-0.1, -0.05) is 25.1 Å². The Morgan fingerprint density at radius 3 is 2.65 bits per heavy atom. The van der Waals surface area contributed by atoms with Crippen molar-refractivity contribution in [3.63, 3.8) is 0 Å².